The van der Waals surface area contributed by atoms with Crippen LogP contribution in [-0.2, 0) is 14.3 Å². The molecule has 0 amide bonds. The average Bonchev–Trinajstić information content (AvgIpc) is 3.48. The summed E-state index contributed by atoms with van der Waals surface area (Å²) in [6, 6.07) is 13.7. The van der Waals surface area contributed by atoms with Crippen molar-refractivity contribution in [2.45, 2.75) is 33.7 Å². The number of aryl methyl sites for hydroxylation is 1. The number of benzene rings is 2. The Kier molecular flexibility index (Phi) is 8.59. The first-order valence-electron chi connectivity index (χ1n) is 13.9. The van der Waals surface area contributed by atoms with Crippen molar-refractivity contribution in [3.8, 4) is 17.2 Å². The minimum absolute atomic E-state index is 0.180. The second kappa shape index (κ2) is 12.4. The van der Waals surface area contributed by atoms with E-state index in [-0.39, 0.29) is 17.7 Å². The number of hydrogen-bond acceptors (Lipinski definition) is 9. The van der Waals surface area contributed by atoms with E-state index in [0.29, 0.717) is 37.7 Å². The second-order valence-corrected chi connectivity index (χ2v) is 11.1. The monoisotopic (exact) mass is 615 g/mol. The third kappa shape index (κ3) is 5.35. The van der Waals surface area contributed by atoms with E-state index >= 15 is 0 Å². The van der Waals surface area contributed by atoms with Crippen LogP contribution < -0.4 is 24.4 Å². The average molecular weight is 616 g/mol. The van der Waals surface area contributed by atoms with Crippen LogP contribution in [0.1, 0.15) is 52.8 Å². The van der Waals surface area contributed by atoms with Gasteiger partial charge in [0.2, 0.25) is 0 Å². The van der Waals surface area contributed by atoms with E-state index in [1.807, 2.05) is 38.1 Å². The number of aromatic nitrogens is 2. The molecule has 0 spiro atoms. The Balaban J connectivity index is 1.66. The molecule has 0 bridgehead atoms. The molecule has 0 saturated heterocycles. The third-order valence-electron chi connectivity index (χ3n) is 7.54. The molecule has 2 aromatic heterocycles. The summed E-state index contributed by atoms with van der Waals surface area (Å²) in [5.74, 6) is 0.0558. The smallest absolute Gasteiger partial charge is 0.338 e. The van der Waals surface area contributed by atoms with Crippen LogP contribution >= 0.6 is 11.3 Å². The molecule has 5 rings (SSSR count). The van der Waals surface area contributed by atoms with Crippen LogP contribution in [0.3, 0.4) is 0 Å². The summed E-state index contributed by atoms with van der Waals surface area (Å²) in [5, 5.41) is 0. The van der Waals surface area contributed by atoms with Crippen LogP contribution in [0.5, 0.6) is 11.5 Å². The summed E-state index contributed by atoms with van der Waals surface area (Å²) in [6.45, 7) is 7.61. The van der Waals surface area contributed by atoms with Gasteiger partial charge in [-0.25, -0.2) is 14.6 Å². The predicted molar refractivity (Wildman–Crippen MR) is 167 cm³/mol. The van der Waals surface area contributed by atoms with Crippen LogP contribution in [-0.4, -0.2) is 49.0 Å². The van der Waals surface area contributed by atoms with Crippen molar-refractivity contribution >= 4 is 29.4 Å². The lowest BCUT2D eigenvalue weighted by molar-refractivity contribution is -0.139. The van der Waals surface area contributed by atoms with Crippen LogP contribution in [0.4, 0.5) is 0 Å². The molecular weight excluding hydrogens is 582 g/mol. The van der Waals surface area contributed by atoms with E-state index in [9.17, 15) is 14.4 Å². The van der Waals surface area contributed by atoms with E-state index in [0.717, 1.165) is 22.6 Å². The molecular formula is C33H33N3O7S. The number of methoxy groups -OCH3 is 3. The molecule has 1 aliphatic rings. The zero-order valence-corrected chi connectivity index (χ0v) is 26.4. The SMILES string of the molecule is CCOC(=O)C1=C(C)N=c2s/c(=C/c3cc(C)n(-c4ccc(C(=O)OC)cc4)c3C)c(=O)n2[C@@H]1c1ccc(OC)c(OC)c1. The normalized spacial score (nSPS) is 14.6. The number of nitrogens with zero attached hydrogens (tertiary/aromatic N) is 3. The molecule has 2 aromatic carbocycles. The van der Waals surface area contributed by atoms with Gasteiger partial charge < -0.3 is 23.5 Å². The van der Waals surface area contributed by atoms with Gasteiger partial charge in [0.05, 0.1) is 55.3 Å². The minimum Gasteiger partial charge on any atom is -0.493 e. The summed E-state index contributed by atoms with van der Waals surface area (Å²) < 4.78 is 25.2. The maximum Gasteiger partial charge on any atom is 0.338 e. The lowest BCUT2D eigenvalue weighted by Crippen LogP contribution is -2.40. The lowest BCUT2D eigenvalue weighted by atomic mass is 9.95. The zero-order valence-electron chi connectivity index (χ0n) is 25.6. The van der Waals surface area contributed by atoms with Gasteiger partial charge in [-0.2, -0.15) is 0 Å². The number of hydrogen-bond donors (Lipinski definition) is 0. The van der Waals surface area contributed by atoms with Crippen LogP contribution in [0.25, 0.3) is 11.8 Å². The van der Waals surface area contributed by atoms with Crippen molar-refractivity contribution in [2.24, 2.45) is 4.99 Å². The lowest BCUT2D eigenvalue weighted by Gasteiger charge is -2.25. The summed E-state index contributed by atoms with van der Waals surface area (Å²) in [7, 11) is 4.43. The van der Waals surface area contributed by atoms with Gasteiger partial charge in [-0.1, -0.05) is 17.4 Å². The van der Waals surface area contributed by atoms with Gasteiger partial charge in [-0.3, -0.25) is 9.36 Å². The topological polar surface area (TPSA) is 110 Å². The minimum atomic E-state index is -0.784. The molecule has 1 atom stereocenters. The zero-order chi connectivity index (χ0) is 31.7. The maximum absolute atomic E-state index is 14.1. The van der Waals surface area contributed by atoms with E-state index in [1.165, 1.54) is 25.6 Å². The highest BCUT2D eigenvalue weighted by atomic mass is 32.1. The number of carbonyl (C=O) groups is 2. The van der Waals surface area contributed by atoms with E-state index in [1.54, 1.807) is 55.9 Å². The van der Waals surface area contributed by atoms with Crippen molar-refractivity contribution in [3.63, 3.8) is 0 Å². The first-order chi connectivity index (χ1) is 21.1. The highest BCUT2D eigenvalue weighted by Gasteiger charge is 2.34. The molecule has 10 nitrogen and oxygen atoms in total. The van der Waals surface area contributed by atoms with Gasteiger partial charge in [0.15, 0.2) is 16.3 Å². The van der Waals surface area contributed by atoms with Gasteiger partial charge in [0.25, 0.3) is 5.56 Å². The highest BCUT2D eigenvalue weighted by molar-refractivity contribution is 7.07. The van der Waals surface area contributed by atoms with Crippen LogP contribution in [0.2, 0.25) is 0 Å². The van der Waals surface area contributed by atoms with Gasteiger partial charge in [0, 0.05) is 17.1 Å². The molecule has 44 heavy (non-hydrogen) atoms. The van der Waals surface area contributed by atoms with Gasteiger partial charge in [0.1, 0.15) is 0 Å². The summed E-state index contributed by atoms with van der Waals surface area (Å²) >= 11 is 1.26. The Morgan fingerprint density at radius 1 is 0.955 bits per heavy atom. The molecule has 0 fully saturated rings. The fourth-order valence-electron chi connectivity index (χ4n) is 5.47. The van der Waals surface area contributed by atoms with E-state index < -0.39 is 18.0 Å². The van der Waals surface area contributed by atoms with Crippen molar-refractivity contribution in [3.05, 3.63) is 108 Å². The van der Waals surface area contributed by atoms with Crippen LogP contribution in [0.15, 0.2) is 69.6 Å². The predicted octanol–water partition coefficient (Wildman–Crippen LogP) is 4.01. The number of fused-ring (bicyclic) bond motifs is 1. The number of thiazole rings is 1. The van der Waals surface area contributed by atoms with Crippen molar-refractivity contribution < 1.29 is 28.5 Å². The van der Waals surface area contributed by atoms with E-state index in [2.05, 4.69) is 9.56 Å². The van der Waals surface area contributed by atoms with Crippen molar-refractivity contribution in [1.82, 2.24) is 9.13 Å². The fourth-order valence-corrected chi connectivity index (χ4v) is 6.50. The molecule has 0 saturated carbocycles. The maximum atomic E-state index is 14.1. The Bertz CT molecular complexity index is 1980. The molecule has 3 heterocycles. The largest absolute Gasteiger partial charge is 0.493 e. The number of esters is 2. The molecule has 11 heteroatoms. The first-order valence-corrected chi connectivity index (χ1v) is 14.7. The molecule has 0 aliphatic carbocycles. The number of rotatable bonds is 8. The molecule has 0 N–H and O–H groups in total. The summed E-state index contributed by atoms with van der Waals surface area (Å²) in [4.78, 5) is 44.4. The van der Waals surface area contributed by atoms with Crippen LogP contribution in [0, 0.1) is 13.8 Å². The fraction of sp³-hybridized carbons (Fsp3) is 0.273. The Hall–Kier alpha value is -4.90. The summed E-state index contributed by atoms with van der Waals surface area (Å²) in [5.41, 5.74) is 5.19. The standard InChI is InChI=1S/C33H33N3O7S/c1-8-43-32(39)28-19(3)34-33-36(29(28)22-11-14-25(40-5)26(16-22)41-6)30(37)27(44-33)17-23-15-18(2)35(20(23)4)24-12-9-21(10-13-24)31(38)42-7/h9-17,29H,8H2,1-7H3/b27-17+/t29-/m1/s1. The molecule has 0 radical (unpaired) electrons. The molecule has 1 aliphatic heterocycles. The first kappa shape index (κ1) is 30.6. The summed E-state index contributed by atoms with van der Waals surface area (Å²) in [6.07, 6.45) is 1.85. The van der Waals surface area contributed by atoms with Gasteiger partial charge >= 0.3 is 11.9 Å². The van der Waals surface area contributed by atoms with E-state index in [4.69, 9.17) is 18.9 Å². The molecule has 0 unspecified atom stereocenters. The highest BCUT2D eigenvalue weighted by Crippen LogP contribution is 2.36. The number of ether oxygens (including phenoxy) is 4. The third-order valence-corrected chi connectivity index (χ3v) is 8.53. The van der Waals surface area contributed by atoms with Crippen molar-refractivity contribution in [1.29, 1.82) is 0 Å². The number of carbonyl (C=O) groups excluding carboxylic acids is 2. The second-order valence-electron chi connectivity index (χ2n) is 10.1. The molecule has 4 aromatic rings. The quantitative estimate of drug-likeness (QED) is 0.276. The van der Waals surface area contributed by atoms with Crippen molar-refractivity contribution in [2.75, 3.05) is 27.9 Å². The van der Waals surface area contributed by atoms with Gasteiger partial charge in [-0.15, -0.1) is 0 Å². The Labute approximate surface area is 258 Å². The Morgan fingerprint density at radius 2 is 1.66 bits per heavy atom. The number of allylic oxidation sites excluding steroid dienone is 1. The Morgan fingerprint density at radius 3 is 2.30 bits per heavy atom. The van der Waals surface area contributed by atoms with Gasteiger partial charge in [-0.05, 0) is 87.4 Å². The molecule has 228 valence electrons.